The van der Waals surface area contributed by atoms with Gasteiger partial charge < -0.3 is 0 Å². The van der Waals surface area contributed by atoms with Gasteiger partial charge in [0.2, 0.25) is 0 Å². The second kappa shape index (κ2) is 17.8. The van der Waals surface area contributed by atoms with Crippen LogP contribution in [0.5, 0.6) is 0 Å². The Balaban J connectivity index is 0.969. The van der Waals surface area contributed by atoms with Crippen LogP contribution in [0.1, 0.15) is 22.3 Å². The molecular weight excluding hydrogens is 853 g/mol. The summed E-state index contributed by atoms with van der Waals surface area (Å²) in [6.45, 7) is 0. The minimum absolute atomic E-state index is 0.518. The van der Waals surface area contributed by atoms with Crippen LogP contribution in [0.15, 0.2) is 291 Å². The Morgan fingerprint density at radius 2 is 0.394 bits per heavy atom. The molecule has 13 rings (SSSR count). The van der Waals surface area contributed by atoms with Gasteiger partial charge in [-0.25, -0.2) is 0 Å². The largest absolute Gasteiger partial charge is 0.0701 e. The summed E-state index contributed by atoms with van der Waals surface area (Å²) in [6, 6.07) is 107. The van der Waals surface area contributed by atoms with E-state index in [4.69, 9.17) is 0 Å². The molecule has 0 amide bonds. The van der Waals surface area contributed by atoms with Gasteiger partial charge in [0.25, 0.3) is 0 Å². The van der Waals surface area contributed by atoms with E-state index < -0.39 is 5.41 Å². The van der Waals surface area contributed by atoms with Crippen molar-refractivity contribution in [2.75, 3.05) is 0 Å². The normalized spacial score (nSPS) is 11.7. The molecule has 0 saturated heterocycles. The summed E-state index contributed by atoms with van der Waals surface area (Å²) in [5.41, 5.74) is 16.7. The highest BCUT2D eigenvalue weighted by atomic mass is 14.4. The first-order valence-corrected chi connectivity index (χ1v) is 24.7. The van der Waals surface area contributed by atoms with Crippen molar-refractivity contribution in [1.82, 2.24) is 0 Å². The van der Waals surface area contributed by atoms with Crippen molar-refractivity contribution in [1.29, 1.82) is 0 Å². The minimum atomic E-state index is -0.518. The van der Waals surface area contributed by atoms with Crippen molar-refractivity contribution < 1.29 is 0 Å². The number of fused-ring (bicyclic) bond motifs is 4. The number of hydrogen-bond donors (Lipinski definition) is 0. The van der Waals surface area contributed by atoms with E-state index in [1.165, 1.54) is 121 Å². The molecule has 0 N–H and O–H groups in total. The predicted octanol–water partition coefficient (Wildman–Crippen LogP) is 19.0. The average molecular weight is 901 g/mol. The Morgan fingerprint density at radius 1 is 0.155 bits per heavy atom. The van der Waals surface area contributed by atoms with Crippen LogP contribution >= 0.6 is 0 Å². The number of benzene rings is 13. The quantitative estimate of drug-likeness (QED) is 0.100. The first-order chi connectivity index (χ1) is 35.3. The smallest absolute Gasteiger partial charge is 0.0622 e. The fourth-order valence-electron chi connectivity index (χ4n) is 11.7. The van der Waals surface area contributed by atoms with Crippen molar-refractivity contribution >= 4 is 43.1 Å². The summed E-state index contributed by atoms with van der Waals surface area (Å²) >= 11 is 0. The first kappa shape index (κ1) is 42.0. The van der Waals surface area contributed by atoms with Crippen LogP contribution in [0.25, 0.3) is 98.7 Å². The minimum Gasteiger partial charge on any atom is -0.0622 e. The molecule has 0 aliphatic carbocycles. The van der Waals surface area contributed by atoms with Gasteiger partial charge in [-0.1, -0.05) is 285 Å². The fraction of sp³-hybridized carbons (Fsp3) is 0.0141. The van der Waals surface area contributed by atoms with Gasteiger partial charge in [-0.05, 0) is 127 Å². The molecule has 0 heterocycles. The molecule has 0 bridgehead atoms. The number of hydrogen-bond acceptors (Lipinski definition) is 0. The van der Waals surface area contributed by atoms with Crippen LogP contribution in [0.2, 0.25) is 0 Å². The molecule has 0 saturated carbocycles. The second-order valence-corrected chi connectivity index (χ2v) is 18.6. The van der Waals surface area contributed by atoms with Crippen LogP contribution in [0, 0.1) is 0 Å². The molecule has 332 valence electrons. The molecule has 0 spiro atoms. The van der Waals surface area contributed by atoms with Gasteiger partial charge in [0.15, 0.2) is 0 Å². The van der Waals surface area contributed by atoms with E-state index in [1.54, 1.807) is 0 Å². The lowest BCUT2D eigenvalue weighted by molar-refractivity contribution is 0.745. The molecular formula is C71H48. The van der Waals surface area contributed by atoms with Crippen LogP contribution in [0.4, 0.5) is 0 Å². The third-order valence-corrected chi connectivity index (χ3v) is 14.8. The van der Waals surface area contributed by atoms with Crippen LogP contribution in [-0.2, 0) is 5.41 Å². The van der Waals surface area contributed by atoms with Gasteiger partial charge in [0.1, 0.15) is 0 Å². The van der Waals surface area contributed by atoms with E-state index >= 15 is 0 Å². The van der Waals surface area contributed by atoms with E-state index in [0.29, 0.717) is 0 Å². The zero-order valence-corrected chi connectivity index (χ0v) is 39.2. The molecule has 0 unspecified atom stereocenters. The van der Waals surface area contributed by atoms with Crippen molar-refractivity contribution in [2.45, 2.75) is 5.41 Å². The van der Waals surface area contributed by atoms with Crippen molar-refractivity contribution in [3.8, 4) is 55.6 Å². The van der Waals surface area contributed by atoms with E-state index in [-0.39, 0.29) is 0 Å². The molecule has 71 heavy (non-hydrogen) atoms. The summed E-state index contributed by atoms with van der Waals surface area (Å²) in [5, 5.41) is 9.95. The molecule has 13 aromatic rings. The van der Waals surface area contributed by atoms with Crippen LogP contribution in [-0.4, -0.2) is 0 Å². The third kappa shape index (κ3) is 7.07. The van der Waals surface area contributed by atoms with E-state index in [1.807, 2.05) is 0 Å². The summed E-state index contributed by atoms with van der Waals surface area (Å²) in [5.74, 6) is 0. The van der Waals surface area contributed by atoms with Gasteiger partial charge in [-0.15, -0.1) is 0 Å². The van der Waals surface area contributed by atoms with Gasteiger partial charge in [-0.3, -0.25) is 0 Å². The first-order valence-electron chi connectivity index (χ1n) is 24.7. The standard InChI is InChI=1S/C71H48/c1-6-22-49(23-7-1)54-44-47-65-66(48-54)70(50-24-8-2-9-25-50)64-37-21-20-36-63(64)69(65)52-40-38-51(39-41-52)67-59-32-16-18-34-61(59)68(62-35-19-17-33-60(62)67)53-42-45-58(46-43-53)71(55-26-10-3-11-27-55,56-28-12-4-13-29-56)57-30-14-5-15-31-57/h1-48H. The lowest BCUT2D eigenvalue weighted by Gasteiger charge is -2.37. The SMILES string of the molecule is c1ccc(-c2ccc3c(-c4ccc(-c5c6ccccc6c(-c6ccc(C(c7ccccc7)(c7ccccc7)c7ccccc7)cc6)c6ccccc56)cc4)c4ccccc4c(-c4ccccc4)c3c2)cc1. The van der Waals surface area contributed by atoms with E-state index in [2.05, 4.69) is 291 Å². The molecule has 0 atom stereocenters. The van der Waals surface area contributed by atoms with E-state index in [9.17, 15) is 0 Å². The lowest BCUT2D eigenvalue weighted by atomic mass is 9.65. The molecule has 0 radical (unpaired) electrons. The van der Waals surface area contributed by atoms with Crippen molar-refractivity contribution in [2.24, 2.45) is 0 Å². The van der Waals surface area contributed by atoms with Crippen LogP contribution in [0.3, 0.4) is 0 Å². The predicted molar refractivity (Wildman–Crippen MR) is 302 cm³/mol. The maximum atomic E-state index is 2.40. The monoisotopic (exact) mass is 900 g/mol. The highest BCUT2D eigenvalue weighted by Crippen LogP contribution is 2.49. The summed E-state index contributed by atoms with van der Waals surface area (Å²) in [4.78, 5) is 0. The van der Waals surface area contributed by atoms with Gasteiger partial charge in [0.05, 0.1) is 5.41 Å². The Labute approximate surface area is 415 Å². The zero-order valence-electron chi connectivity index (χ0n) is 39.2. The molecule has 0 fully saturated rings. The highest BCUT2D eigenvalue weighted by Gasteiger charge is 2.38. The third-order valence-electron chi connectivity index (χ3n) is 14.8. The second-order valence-electron chi connectivity index (χ2n) is 18.6. The molecule has 0 heteroatoms. The van der Waals surface area contributed by atoms with Gasteiger partial charge >= 0.3 is 0 Å². The maximum Gasteiger partial charge on any atom is 0.0701 e. The van der Waals surface area contributed by atoms with Crippen molar-refractivity contribution in [3.63, 3.8) is 0 Å². The molecule has 0 aliphatic rings. The van der Waals surface area contributed by atoms with Crippen molar-refractivity contribution in [3.05, 3.63) is 313 Å². The Morgan fingerprint density at radius 3 is 0.761 bits per heavy atom. The average Bonchev–Trinajstić information content (AvgIpc) is 3.45. The Kier molecular flexibility index (Phi) is 10.5. The molecule has 13 aromatic carbocycles. The number of rotatable bonds is 9. The summed E-state index contributed by atoms with van der Waals surface area (Å²) < 4.78 is 0. The highest BCUT2D eigenvalue weighted by molar-refractivity contribution is 6.23. The van der Waals surface area contributed by atoms with E-state index in [0.717, 1.165) is 0 Å². The fourth-order valence-corrected chi connectivity index (χ4v) is 11.7. The summed E-state index contributed by atoms with van der Waals surface area (Å²) in [7, 11) is 0. The van der Waals surface area contributed by atoms with Gasteiger partial charge in [0, 0.05) is 0 Å². The molecule has 0 aliphatic heterocycles. The van der Waals surface area contributed by atoms with Gasteiger partial charge in [-0.2, -0.15) is 0 Å². The topological polar surface area (TPSA) is 0 Å². The summed E-state index contributed by atoms with van der Waals surface area (Å²) in [6.07, 6.45) is 0. The molecule has 0 nitrogen and oxygen atoms in total. The maximum absolute atomic E-state index is 2.40. The zero-order chi connectivity index (χ0) is 47.1. The lowest BCUT2D eigenvalue weighted by Crippen LogP contribution is -2.30. The Hall–Kier alpha value is -9.10. The van der Waals surface area contributed by atoms with Crippen LogP contribution < -0.4 is 0 Å². The Bertz CT molecular complexity index is 3870. The molecule has 0 aromatic heterocycles.